The highest BCUT2D eigenvalue weighted by atomic mass is 35.5. The number of amides is 1. The van der Waals surface area contributed by atoms with Gasteiger partial charge in [-0.3, -0.25) is 14.2 Å². The SMILES string of the molecule is Cc1sc2nc(-c3ccc(Cl)cc3)n(CCCC(N)=O)c(=O)c2c1C. The molecule has 25 heavy (non-hydrogen) atoms. The monoisotopic (exact) mass is 375 g/mol. The molecule has 0 unspecified atom stereocenters. The van der Waals surface area contributed by atoms with Crippen LogP contribution in [-0.2, 0) is 11.3 Å². The lowest BCUT2D eigenvalue weighted by Gasteiger charge is -2.12. The molecule has 0 atom stereocenters. The Morgan fingerprint density at radius 1 is 1.28 bits per heavy atom. The molecule has 0 spiro atoms. The zero-order chi connectivity index (χ0) is 18.1. The van der Waals surface area contributed by atoms with Crippen LogP contribution >= 0.6 is 22.9 Å². The van der Waals surface area contributed by atoms with Crippen LogP contribution in [0.15, 0.2) is 29.1 Å². The number of carbonyl (C=O) groups excluding carboxylic acids is 1. The molecule has 0 aliphatic rings. The van der Waals surface area contributed by atoms with Crippen molar-refractivity contribution in [3.05, 3.63) is 50.1 Å². The van der Waals surface area contributed by atoms with Crippen molar-refractivity contribution in [1.82, 2.24) is 9.55 Å². The van der Waals surface area contributed by atoms with E-state index in [4.69, 9.17) is 22.3 Å². The minimum atomic E-state index is -0.377. The van der Waals surface area contributed by atoms with Crippen LogP contribution in [-0.4, -0.2) is 15.5 Å². The highest BCUT2D eigenvalue weighted by Crippen LogP contribution is 2.29. The second-order valence-corrected chi connectivity index (χ2v) is 7.57. The fourth-order valence-electron chi connectivity index (χ4n) is 2.77. The van der Waals surface area contributed by atoms with Crippen LogP contribution in [0, 0.1) is 13.8 Å². The Labute approximate surface area is 154 Å². The number of thiophene rings is 1. The van der Waals surface area contributed by atoms with Crippen LogP contribution in [0.5, 0.6) is 0 Å². The third kappa shape index (κ3) is 3.45. The minimum Gasteiger partial charge on any atom is -0.370 e. The number of primary amides is 1. The topological polar surface area (TPSA) is 78.0 Å². The van der Waals surface area contributed by atoms with Crippen LogP contribution in [0.1, 0.15) is 23.3 Å². The van der Waals surface area contributed by atoms with E-state index < -0.39 is 0 Å². The van der Waals surface area contributed by atoms with Crippen molar-refractivity contribution in [1.29, 1.82) is 0 Å². The summed E-state index contributed by atoms with van der Waals surface area (Å²) in [5.74, 6) is 0.206. The van der Waals surface area contributed by atoms with Gasteiger partial charge in [0.1, 0.15) is 10.7 Å². The summed E-state index contributed by atoms with van der Waals surface area (Å²) in [5, 5.41) is 1.27. The maximum atomic E-state index is 13.1. The van der Waals surface area contributed by atoms with Gasteiger partial charge in [0.15, 0.2) is 0 Å². The predicted octanol–water partition coefficient (Wildman–Crippen LogP) is 3.66. The van der Waals surface area contributed by atoms with Crippen LogP contribution in [0.3, 0.4) is 0 Å². The summed E-state index contributed by atoms with van der Waals surface area (Å²) in [6.07, 6.45) is 0.720. The first-order chi connectivity index (χ1) is 11.9. The molecule has 2 aromatic heterocycles. The predicted molar refractivity (Wildman–Crippen MR) is 102 cm³/mol. The van der Waals surface area contributed by atoms with E-state index in [0.717, 1.165) is 20.8 Å². The number of nitrogens with two attached hydrogens (primary N) is 1. The van der Waals surface area contributed by atoms with Crippen molar-refractivity contribution in [3.63, 3.8) is 0 Å². The van der Waals surface area contributed by atoms with Crippen LogP contribution < -0.4 is 11.3 Å². The summed E-state index contributed by atoms with van der Waals surface area (Å²) in [6.45, 7) is 4.31. The average Bonchev–Trinajstić information content (AvgIpc) is 2.84. The Morgan fingerprint density at radius 2 is 1.96 bits per heavy atom. The van der Waals surface area contributed by atoms with Crippen LogP contribution in [0.2, 0.25) is 5.02 Å². The van der Waals surface area contributed by atoms with Gasteiger partial charge < -0.3 is 5.73 Å². The van der Waals surface area contributed by atoms with E-state index in [-0.39, 0.29) is 17.9 Å². The lowest BCUT2D eigenvalue weighted by molar-refractivity contribution is -0.118. The van der Waals surface area contributed by atoms with Gasteiger partial charge in [0.25, 0.3) is 5.56 Å². The molecule has 0 saturated heterocycles. The number of benzene rings is 1. The normalized spacial score (nSPS) is 11.2. The second-order valence-electron chi connectivity index (χ2n) is 5.93. The maximum absolute atomic E-state index is 13.1. The van der Waals surface area contributed by atoms with E-state index in [1.54, 1.807) is 16.7 Å². The molecular formula is C18H18ClN3O2S. The van der Waals surface area contributed by atoms with E-state index in [1.165, 1.54) is 11.3 Å². The Balaban J connectivity index is 2.20. The molecule has 3 rings (SSSR count). The van der Waals surface area contributed by atoms with Gasteiger partial charge in [-0.25, -0.2) is 4.98 Å². The highest BCUT2D eigenvalue weighted by Gasteiger charge is 2.17. The number of aryl methyl sites for hydroxylation is 2. The van der Waals surface area contributed by atoms with Gasteiger partial charge in [-0.05, 0) is 50.1 Å². The van der Waals surface area contributed by atoms with Crippen molar-refractivity contribution in [3.8, 4) is 11.4 Å². The zero-order valence-electron chi connectivity index (χ0n) is 14.0. The molecule has 2 heterocycles. The quantitative estimate of drug-likeness (QED) is 0.739. The summed E-state index contributed by atoms with van der Waals surface area (Å²) < 4.78 is 1.63. The first kappa shape index (κ1) is 17.6. The summed E-state index contributed by atoms with van der Waals surface area (Å²) in [5.41, 5.74) is 6.91. The van der Waals surface area contributed by atoms with E-state index in [2.05, 4.69) is 0 Å². The standard InChI is InChI=1S/C18H18ClN3O2S/c1-10-11(2)25-17-15(10)18(24)22(9-3-4-14(20)23)16(21-17)12-5-7-13(19)8-6-12/h5-8H,3-4,9H2,1-2H3,(H2,20,23). The fraction of sp³-hybridized carbons (Fsp3) is 0.278. The lowest BCUT2D eigenvalue weighted by Crippen LogP contribution is -2.24. The van der Waals surface area contributed by atoms with Crippen LogP contribution in [0.4, 0.5) is 0 Å². The highest BCUT2D eigenvalue weighted by molar-refractivity contribution is 7.18. The minimum absolute atomic E-state index is 0.0822. The molecule has 130 valence electrons. The molecule has 0 aliphatic heterocycles. The molecule has 2 N–H and O–H groups in total. The molecule has 0 radical (unpaired) electrons. The first-order valence-corrected chi connectivity index (χ1v) is 9.12. The third-order valence-electron chi connectivity index (χ3n) is 4.20. The van der Waals surface area contributed by atoms with Crippen molar-refractivity contribution < 1.29 is 4.79 Å². The van der Waals surface area contributed by atoms with E-state index >= 15 is 0 Å². The van der Waals surface area contributed by atoms with Crippen LogP contribution in [0.25, 0.3) is 21.6 Å². The van der Waals surface area contributed by atoms with E-state index in [9.17, 15) is 9.59 Å². The zero-order valence-corrected chi connectivity index (χ0v) is 15.6. The van der Waals surface area contributed by atoms with Crippen molar-refractivity contribution >= 4 is 39.1 Å². The lowest BCUT2D eigenvalue weighted by atomic mass is 10.1. The first-order valence-electron chi connectivity index (χ1n) is 7.93. The van der Waals surface area contributed by atoms with Crippen molar-refractivity contribution in [2.45, 2.75) is 33.2 Å². The number of rotatable bonds is 5. The van der Waals surface area contributed by atoms with Gasteiger partial charge in [-0.2, -0.15) is 0 Å². The molecule has 0 aliphatic carbocycles. The molecule has 0 saturated carbocycles. The number of nitrogens with zero attached hydrogens (tertiary/aromatic N) is 2. The third-order valence-corrected chi connectivity index (χ3v) is 5.55. The summed E-state index contributed by atoms with van der Waals surface area (Å²) in [7, 11) is 0. The van der Waals surface area contributed by atoms with Gasteiger partial charge in [0.2, 0.25) is 5.91 Å². The Morgan fingerprint density at radius 3 is 2.60 bits per heavy atom. The molecule has 1 amide bonds. The molecule has 5 nitrogen and oxygen atoms in total. The Bertz CT molecular complexity index is 1010. The number of halogens is 1. The number of aromatic nitrogens is 2. The molecule has 0 fully saturated rings. The average molecular weight is 376 g/mol. The second kappa shape index (κ2) is 6.98. The number of fused-ring (bicyclic) bond motifs is 1. The van der Waals surface area contributed by atoms with Crippen molar-refractivity contribution in [2.24, 2.45) is 5.73 Å². The number of hydrogen-bond acceptors (Lipinski definition) is 4. The summed E-state index contributed by atoms with van der Waals surface area (Å²) >= 11 is 7.49. The molecule has 0 bridgehead atoms. The molecular weight excluding hydrogens is 358 g/mol. The summed E-state index contributed by atoms with van der Waals surface area (Å²) in [4.78, 5) is 30.7. The van der Waals surface area contributed by atoms with E-state index in [0.29, 0.717) is 29.2 Å². The summed E-state index contributed by atoms with van der Waals surface area (Å²) in [6, 6.07) is 7.22. The number of hydrogen-bond donors (Lipinski definition) is 1. The Hall–Kier alpha value is -2.18. The molecule has 1 aromatic carbocycles. The van der Waals surface area contributed by atoms with Crippen molar-refractivity contribution in [2.75, 3.05) is 0 Å². The smallest absolute Gasteiger partial charge is 0.262 e. The molecule has 7 heteroatoms. The van der Waals surface area contributed by atoms with Gasteiger partial charge >= 0.3 is 0 Å². The Kier molecular flexibility index (Phi) is 4.92. The van der Waals surface area contributed by atoms with E-state index in [1.807, 2.05) is 26.0 Å². The van der Waals surface area contributed by atoms with Gasteiger partial charge in [0, 0.05) is 28.4 Å². The largest absolute Gasteiger partial charge is 0.370 e. The number of carbonyl (C=O) groups is 1. The maximum Gasteiger partial charge on any atom is 0.262 e. The molecule has 3 aromatic rings. The van der Waals surface area contributed by atoms with Gasteiger partial charge in [-0.1, -0.05) is 11.6 Å². The van der Waals surface area contributed by atoms with Gasteiger partial charge in [-0.15, -0.1) is 11.3 Å². The fourth-order valence-corrected chi connectivity index (χ4v) is 3.91. The van der Waals surface area contributed by atoms with Gasteiger partial charge in [0.05, 0.1) is 5.39 Å².